The van der Waals surface area contributed by atoms with Crippen molar-refractivity contribution in [2.24, 2.45) is 0 Å². The fourth-order valence-corrected chi connectivity index (χ4v) is 2.16. The van der Waals surface area contributed by atoms with E-state index in [9.17, 15) is 4.79 Å². The number of urea groups is 1. The van der Waals surface area contributed by atoms with Crippen molar-refractivity contribution in [3.63, 3.8) is 0 Å². The average Bonchev–Trinajstić information content (AvgIpc) is 2.64. The van der Waals surface area contributed by atoms with E-state index >= 15 is 0 Å². The van der Waals surface area contributed by atoms with Crippen LogP contribution in [0.5, 0.6) is 0 Å². The van der Waals surface area contributed by atoms with Crippen molar-refractivity contribution >= 4 is 11.7 Å². The fourth-order valence-electron chi connectivity index (χ4n) is 2.16. The van der Waals surface area contributed by atoms with E-state index < -0.39 is 0 Å². The summed E-state index contributed by atoms with van der Waals surface area (Å²) in [6.07, 6.45) is 0. The summed E-state index contributed by atoms with van der Waals surface area (Å²) in [6.45, 7) is 9.07. The molecule has 0 aliphatic carbocycles. The average molecular weight is 234 g/mol. The first kappa shape index (κ1) is 13.6. The quantitative estimate of drug-likeness (QED) is 0.735. The van der Waals surface area contributed by atoms with Crippen LogP contribution in [0.3, 0.4) is 0 Å². The fraction of sp³-hybridized carbons (Fsp3) is 0.500. The Balaban J connectivity index is 0.000000686. The first-order chi connectivity index (χ1) is 8.06. The highest BCUT2D eigenvalue weighted by Gasteiger charge is 2.37. The van der Waals surface area contributed by atoms with Crippen molar-refractivity contribution in [1.82, 2.24) is 5.32 Å². The number of para-hydroxylation sites is 1. The zero-order valence-corrected chi connectivity index (χ0v) is 11.4. The lowest BCUT2D eigenvalue weighted by atomic mass is 9.87. The Morgan fingerprint density at radius 3 is 2.47 bits per heavy atom. The Bertz CT molecular complexity index is 399. The molecule has 17 heavy (non-hydrogen) atoms. The second-order valence-corrected chi connectivity index (χ2v) is 4.54. The largest absolute Gasteiger partial charge is 0.341 e. The number of rotatable bonds is 0. The van der Waals surface area contributed by atoms with E-state index in [4.69, 9.17) is 0 Å². The van der Waals surface area contributed by atoms with Crippen LogP contribution >= 0.6 is 0 Å². The third-order valence-corrected chi connectivity index (χ3v) is 2.94. The van der Waals surface area contributed by atoms with Crippen LogP contribution in [0.1, 0.15) is 33.3 Å². The van der Waals surface area contributed by atoms with Gasteiger partial charge in [-0.3, -0.25) is 4.90 Å². The molecule has 0 unspecified atom stereocenters. The van der Waals surface area contributed by atoms with Crippen LogP contribution in [-0.4, -0.2) is 19.6 Å². The molecule has 2 amide bonds. The second-order valence-electron chi connectivity index (χ2n) is 4.54. The molecule has 3 nitrogen and oxygen atoms in total. The smallest absolute Gasteiger partial charge is 0.321 e. The molecule has 1 aliphatic rings. The highest BCUT2D eigenvalue weighted by Crippen LogP contribution is 2.39. The third kappa shape index (κ3) is 2.43. The summed E-state index contributed by atoms with van der Waals surface area (Å²) in [4.78, 5) is 13.5. The molecule has 0 aromatic heterocycles. The molecule has 0 atom stereocenters. The molecule has 1 N–H and O–H groups in total. The summed E-state index contributed by atoms with van der Waals surface area (Å²) in [5, 5.41) is 2.67. The Kier molecular flexibility index (Phi) is 4.16. The number of carbonyl (C=O) groups is 1. The molecule has 0 saturated heterocycles. The van der Waals surface area contributed by atoms with E-state index in [1.54, 1.807) is 11.9 Å². The predicted molar refractivity (Wildman–Crippen MR) is 72.6 cm³/mol. The summed E-state index contributed by atoms with van der Waals surface area (Å²) < 4.78 is 0. The van der Waals surface area contributed by atoms with Gasteiger partial charge in [0, 0.05) is 24.7 Å². The summed E-state index contributed by atoms with van der Waals surface area (Å²) in [5.41, 5.74) is 2.32. The Labute approximate surface area is 104 Å². The van der Waals surface area contributed by atoms with Gasteiger partial charge >= 0.3 is 6.03 Å². The maximum atomic E-state index is 11.7. The Morgan fingerprint density at radius 1 is 1.29 bits per heavy atom. The number of amides is 2. The van der Waals surface area contributed by atoms with Gasteiger partial charge in [0.1, 0.15) is 0 Å². The lowest BCUT2D eigenvalue weighted by Gasteiger charge is -2.20. The van der Waals surface area contributed by atoms with Gasteiger partial charge in [-0.1, -0.05) is 45.9 Å². The lowest BCUT2D eigenvalue weighted by molar-refractivity contribution is 0.247. The SMILES string of the molecule is CC.CNC(=O)N1CC(C)(C)c2ccccc21. The van der Waals surface area contributed by atoms with Crippen molar-refractivity contribution in [3.05, 3.63) is 29.8 Å². The summed E-state index contributed by atoms with van der Waals surface area (Å²) >= 11 is 0. The summed E-state index contributed by atoms with van der Waals surface area (Å²) in [5.74, 6) is 0. The number of anilines is 1. The highest BCUT2D eigenvalue weighted by atomic mass is 16.2. The third-order valence-electron chi connectivity index (χ3n) is 2.94. The van der Waals surface area contributed by atoms with E-state index in [2.05, 4.69) is 25.2 Å². The van der Waals surface area contributed by atoms with Gasteiger partial charge in [0.15, 0.2) is 0 Å². The van der Waals surface area contributed by atoms with Crippen LogP contribution in [0.4, 0.5) is 10.5 Å². The molecule has 1 aliphatic heterocycles. The molecule has 0 fully saturated rings. The predicted octanol–water partition coefficient (Wildman–Crippen LogP) is 3.15. The van der Waals surface area contributed by atoms with Gasteiger partial charge in [0.25, 0.3) is 0 Å². The molecular weight excluding hydrogens is 212 g/mol. The molecule has 1 aromatic carbocycles. The first-order valence-corrected chi connectivity index (χ1v) is 6.15. The molecule has 2 rings (SSSR count). The molecule has 1 heterocycles. The highest BCUT2D eigenvalue weighted by molar-refractivity contribution is 5.94. The normalized spacial score (nSPS) is 15.7. The van der Waals surface area contributed by atoms with Gasteiger partial charge in [-0.25, -0.2) is 4.79 Å². The van der Waals surface area contributed by atoms with Crippen LogP contribution in [0.25, 0.3) is 0 Å². The van der Waals surface area contributed by atoms with Gasteiger partial charge < -0.3 is 5.32 Å². The molecular formula is C14H22N2O. The van der Waals surface area contributed by atoms with E-state index in [-0.39, 0.29) is 11.4 Å². The van der Waals surface area contributed by atoms with Crippen LogP contribution < -0.4 is 10.2 Å². The Morgan fingerprint density at radius 2 is 1.88 bits per heavy atom. The standard InChI is InChI=1S/C12H16N2O.C2H6/c1-12(2)8-14(11(15)13-3)10-7-5-4-6-9(10)12;1-2/h4-7H,8H2,1-3H3,(H,13,15);1-2H3. The van der Waals surface area contributed by atoms with Crippen molar-refractivity contribution in [2.75, 3.05) is 18.5 Å². The molecule has 0 bridgehead atoms. The summed E-state index contributed by atoms with van der Waals surface area (Å²) in [7, 11) is 1.66. The van der Waals surface area contributed by atoms with Crippen LogP contribution in [0.2, 0.25) is 0 Å². The van der Waals surface area contributed by atoms with Gasteiger partial charge in [-0.05, 0) is 11.6 Å². The Hall–Kier alpha value is -1.51. The van der Waals surface area contributed by atoms with Crippen molar-refractivity contribution in [1.29, 1.82) is 0 Å². The maximum absolute atomic E-state index is 11.7. The van der Waals surface area contributed by atoms with Gasteiger partial charge in [0.2, 0.25) is 0 Å². The molecule has 94 valence electrons. The zero-order valence-electron chi connectivity index (χ0n) is 11.4. The monoisotopic (exact) mass is 234 g/mol. The van der Waals surface area contributed by atoms with E-state index in [0.717, 1.165) is 12.2 Å². The molecule has 1 aromatic rings. The summed E-state index contributed by atoms with van der Waals surface area (Å²) in [6, 6.07) is 8.05. The van der Waals surface area contributed by atoms with Crippen LogP contribution in [0, 0.1) is 0 Å². The minimum atomic E-state index is -0.0342. The van der Waals surface area contributed by atoms with Gasteiger partial charge in [-0.2, -0.15) is 0 Å². The van der Waals surface area contributed by atoms with Gasteiger partial charge in [-0.15, -0.1) is 0 Å². The lowest BCUT2D eigenvalue weighted by Crippen LogP contribution is -2.39. The maximum Gasteiger partial charge on any atom is 0.321 e. The van der Waals surface area contributed by atoms with Crippen molar-refractivity contribution in [2.45, 2.75) is 33.1 Å². The van der Waals surface area contributed by atoms with Crippen molar-refractivity contribution in [3.8, 4) is 0 Å². The van der Waals surface area contributed by atoms with E-state index in [1.807, 2.05) is 32.0 Å². The van der Waals surface area contributed by atoms with Crippen molar-refractivity contribution < 1.29 is 4.79 Å². The number of hydrogen-bond donors (Lipinski definition) is 1. The minimum absolute atomic E-state index is 0.0342. The number of hydrogen-bond acceptors (Lipinski definition) is 1. The second kappa shape index (κ2) is 5.21. The zero-order chi connectivity index (χ0) is 13.1. The number of nitrogens with zero attached hydrogens (tertiary/aromatic N) is 1. The molecule has 0 spiro atoms. The van der Waals surface area contributed by atoms with E-state index in [1.165, 1.54) is 5.56 Å². The first-order valence-electron chi connectivity index (χ1n) is 6.15. The van der Waals surface area contributed by atoms with E-state index in [0.29, 0.717) is 0 Å². The molecule has 3 heteroatoms. The topological polar surface area (TPSA) is 32.3 Å². The number of fused-ring (bicyclic) bond motifs is 1. The van der Waals surface area contributed by atoms with Crippen LogP contribution in [0.15, 0.2) is 24.3 Å². The molecule has 0 saturated carbocycles. The van der Waals surface area contributed by atoms with Crippen LogP contribution in [-0.2, 0) is 5.41 Å². The number of nitrogens with one attached hydrogen (secondary N) is 1. The number of benzene rings is 1. The van der Waals surface area contributed by atoms with Gasteiger partial charge in [0.05, 0.1) is 0 Å². The minimum Gasteiger partial charge on any atom is -0.341 e. The number of carbonyl (C=O) groups excluding carboxylic acids is 1. The molecule has 0 radical (unpaired) electrons.